The highest BCUT2D eigenvalue weighted by Gasteiger charge is 2.25. The van der Waals surface area contributed by atoms with Crippen molar-refractivity contribution in [1.82, 2.24) is 5.32 Å². The number of hydrogen-bond acceptors (Lipinski definition) is 1. The molecule has 1 N–H and O–H groups in total. The molecule has 0 spiro atoms. The van der Waals surface area contributed by atoms with Crippen molar-refractivity contribution in [3.63, 3.8) is 0 Å². The zero-order chi connectivity index (χ0) is 10.6. The van der Waals surface area contributed by atoms with Crippen molar-refractivity contribution < 1.29 is 0 Å². The summed E-state index contributed by atoms with van der Waals surface area (Å²) >= 11 is 0. The quantitative estimate of drug-likeness (QED) is 0.726. The molecule has 1 aliphatic rings. The molecule has 1 fully saturated rings. The van der Waals surface area contributed by atoms with Crippen LogP contribution >= 0.6 is 0 Å². The molecule has 0 radical (unpaired) electrons. The van der Waals surface area contributed by atoms with Crippen molar-refractivity contribution in [1.29, 1.82) is 0 Å². The van der Waals surface area contributed by atoms with Gasteiger partial charge in [0, 0.05) is 5.54 Å². The fraction of sp³-hybridized carbons (Fsp3) is 1.00. The summed E-state index contributed by atoms with van der Waals surface area (Å²) in [6, 6.07) is 0. The first-order valence-electron chi connectivity index (χ1n) is 6.26. The molecule has 0 heterocycles. The lowest BCUT2D eigenvalue weighted by atomic mass is 9.76. The molecule has 1 saturated carbocycles. The molecule has 0 aromatic rings. The second-order valence-corrected chi connectivity index (χ2v) is 5.63. The van der Waals surface area contributed by atoms with Crippen molar-refractivity contribution in [3.8, 4) is 0 Å². The predicted octanol–water partition coefficient (Wildman–Crippen LogP) is 3.59. The van der Waals surface area contributed by atoms with Gasteiger partial charge >= 0.3 is 0 Å². The Morgan fingerprint density at radius 2 is 1.57 bits per heavy atom. The van der Waals surface area contributed by atoms with E-state index in [9.17, 15) is 0 Å². The standard InChI is InChI=1S/C13H27N/c1-5-11-6-8-12(9-7-11)10-13(2,3)14-4/h11-12,14H,5-10H2,1-4H3. The zero-order valence-electron chi connectivity index (χ0n) is 10.4. The number of rotatable bonds is 4. The van der Waals surface area contributed by atoms with Crippen LogP contribution in [0.3, 0.4) is 0 Å². The fourth-order valence-corrected chi connectivity index (χ4v) is 2.67. The normalized spacial score (nSPS) is 29.1. The molecule has 0 saturated heterocycles. The van der Waals surface area contributed by atoms with Gasteiger partial charge < -0.3 is 5.32 Å². The molecule has 0 bridgehead atoms. The smallest absolute Gasteiger partial charge is 0.0124 e. The molecular weight excluding hydrogens is 170 g/mol. The Morgan fingerprint density at radius 3 is 2.00 bits per heavy atom. The molecule has 0 aromatic heterocycles. The Morgan fingerprint density at radius 1 is 1.07 bits per heavy atom. The maximum absolute atomic E-state index is 3.41. The molecule has 1 nitrogen and oxygen atoms in total. The average molecular weight is 197 g/mol. The molecule has 0 aliphatic heterocycles. The van der Waals surface area contributed by atoms with Gasteiger partial charge in [0.1, 0.15) is 0 Å². The summed E-state index contributed by atoms with van der Waals surface area (Å²) in [6.45, 7) is 6.97. The summed E-state index contributed by atoms with van der Waals surface area (Å²) in [6.07, 6.45) is 8.61. The van der Waals surface area contributed by atoms with Crippen molar-refractivity contribution in [2.45, 2.75) is 64.8 Å². The highest BCUT2D eigenvalue weighted by molar-refractivity contribution is 4.82. The Hall–Kier alpha value is -0.0400. The van der Waals surface area contributed by atoms with Crippen LogP contribution in [0, 0.1) is 11.8 Å². The Kier molecular flexibility index (Phi) is 4.43. The topological polar surface area (TPSA) is 12.0 Å². The second kappa shape index (κ2) is 5.16. The lowest BCUT2D eigenvalue weighted by Crippen LogP contribution is -2.38. The van der Waals surface area contributed by atoms with Gasteiger partial charge in [0.25, 0.3) is 0 Å². The van der Waals surface area contributed by atoms with Crippen LogP contribution in [0.1, 0.15) is 59.3 Å². The summed E-state index contributed by atoms with van der Waals surface area (Å²) in [7, 11) is 2.08. The maximum Gasteiger partial charge on any atom is 0.0124 e. The van der Waals surface area contributed by atoms with Crippen LogP contribution in [-0.4, -0.2) is 12.6 Å². The third kappa shape index (κ3) is 3.61. The van der Waals surface area contributed by atoms with E-state index in [1.165, 1.54) is 38.5 Å². The Balaban J connectivity index is 2.28. The molecule has 0 atom stereocenters. The molecular formula is C13H27N. The van der Waals surface area contributed by atoms with E-state index in [0.29, 0.717) is 5.54 Å². The van der Waals surface area contributed by atoms with E-state index in [4.69, 9.17) is 0 Å². The zero-order valence-corrected chi connectivity index (χ0v) is 10.4. The second-order valence-electron chi connectivity index (χ2n) is 5.63. The van der Waals surface area contributed by atoms with Gasteiger partial charge in [-0.1, -0.05) is 39.0 Å². The first-order valence-corrected chi connectivity index (χ1v) is 6.26. The molecule has 14 heavy (non-hydrogen) atoms. The van der Waals surface area contributed by atoms with Crippen LogP contribution in [0.15, 0.2) is 0 Å². The summed E-state index contributed by atoms with van der Waals surface area (Å²) in [4.78, 5) is 0. The molecule has 1 rings (SSSR count). The van der Waals surface area contributed by atoms with Gasteiger partial charge in [0.2, 0.25) is 0 Å². The van der Waals surface area contributed by atoms with Gasteiger partial charge in [-0.3, -0.25) is 0 Å². The molecule has 84 valence electrons. The van der Waals surface area contributed by atoms with E-state index in [1.54, 1.807) is 0 Å². The SMILES string of the molecule is CCC1CCC(CC(C)(C)NC)CC1. The van der Waals surface area contributed by atoms with Gasteiger partial charge in [0.15, 0.2) is 0 Å². The summed E-state index contributed by atoms with van der Waals surface area (Å²) < 4.78 is 0. The lowest BCUT2D eigenvalue weighted by Gasteiger charge is -2.34. The van der Waals surface area contributed by atoms with Crippen LogP contribution in [-0.2, 0) is 0 Å². The van der Waals surface area contributed by atoms with Crippen LogP contribution in [0.2, 0.25) is 0 Å². The average Bonchev–Trinajstić information content (AvgIpc) is 2.19. The van der Waals surface area contributed by atoms with Crippen molar-refractivity contribution in [2.24, 2.45) is 11.8 Å². The van der Waals surface area contributed by atoms with E-state index >= 15 is 0 Å². The number of hydrogen-bond donors (Lipinski definition) is 1. The van der Waals surface area contributed by atoms with Gasteiger partial charge in [-0.05, 0) is 39.2 Å². The lowest BCUT2D eigenvalue weighted by molar-refractivity contribution is 0.214. The van der Waals surface area contributed by atoms with Crippen LogP contribution < -0.4 is 5.32 Å². The van der Waals surface area contributed by atoms with E-state index in [2.05, 4.69) is 33.1 Å². The Labute approximate surface area is 89.7 Å². The van der Waals surface area contributed by atoms with E-state index < -0.39 is 0 Å². The van der Waals surface area contributed by atoms with Crippen molar-refractivity contribution >= 4 is 0 Å². The minimum Gasteiger partial charge on any atom is -0.315 e. The van der Waals surface area contributed by atoms with Crippen molar-refractivity contribution in [3.05, 3.63) is 0 Å². The summed E-state index contributed by atoms with van der Waals surface area (Å²) in [5.41, 5.74) is 0.337. The van der Waals surface area contributed by atoms with Crippen LogP contribution in [0.4, 0.5) is 0 Å². The third-order valence-corrected chi connectivity index (χ3v) is 4.02. The number of nitrogens with one attached hydrogen (secondary N) is 1. The van der Waals surface area contributed by atoms with Gasteiger partial charge in [-0.2, -0.15) is 0 Å². The fourth-order valence-electron chi connectivity index (χ4n) is 2.67. The minimum atomic E-state index is 0.337. The van der Waals surface area contributed by atoms with Crippen LogP contribution in [0.25, 0.3) is 0 Å². The third-order valence-electron chi connectivity index (χ3n) is 4.02. The van der Waals surface area contributed by atoms with Gasteiger partial charge in [0.05, 0.1) is 0 Å². The van der Waals surface area contributed by atoms with E-state index in [0.717, 1.165) is 11.8 Å². The monoisotopic (exact) mass is 197 g/mol. The highest BCUT2D eigenvalue weighted by Crippen LogP contribution is 2.34. The molecule has 0 unspecified atom stereocenters. The largest absolute Gasteiger partial charge is 0.315 e. The summed E-state index contributed by atoms with van der Waals surface area (Å²) in [5, 5.41) is 3.41. The first kappa shape index (κ1) is 12.0. The van der Waals surface area contributed by atoms with E-state index in [-0.39, 0.29) is 0 Å². The first-order chi connectivity index (χ1) is 6.57. The van der Waals surface area contributed by atoms with Crippen molar-refractivity contribution in [2.75, 3.05) is 7.05 Å². The van der Waals surface area contributed by atoms with Crippen LogP contribution in [0.5, 0.6) is 0 Å². The molecule has 1 heteroatoms. The Bertz CT molecular complexity index is 155. The summed E-state index contributed by atoms with van der Waals surface area (Å²) in [5.74, 6) is 2.00. The van der Waals surface area contributed by atoms with Gasteiger partial charge in [-0.25, -0.2) is 0 Å². The predicted molar refractivity (Wildman–Crippen MR) is 63.5 cm³/mol. The minimum absolute atomic E-state index is 0.337. The van der Waals surface area contributed by atoms with Gasteiger partial charge in [-0.15, -0.1) is 0 Å². The highest BCUT2D eigenvalue weighted by atomic mass is 14.9. The maximum atomic E-state index is 3.41. The molecule has 0 aromatic carbocycles. The van der Waals surface area contributed by atoms with E-state index in [1.807, 2.05) is 0 Å². The molecule has 0 amide bonds. The molecule has 1 aliphatic carbocycles.